The fraction of sp³-hybridized carbons (Fsp3) is 0.385. The standard InChI is InChI=1S/C13H14N2O2S/c1-8-3-4-14-12-10(8)5-11(18-12)13(16)15(2)9-6-17-7-9/h3-5,9H,6-7H2,1-2H3. The van der Waals surface area contributed by atoms with Gasteiger partial charge in [-0.3, -0.25) is 4.79 Å². The Labute approximate surface area is 109 Å². The molecule has 0 aromatic carbocycles. The highest BCUT2D eigenvalue weighted by molar-refractivity contribution is 7.20. The topological polar surface area (TPSA) is 42.4 Å². The van der Waals surface area contributed by atoms with E-state index in [1.54, 1.807) is 11.1 Å². The summed E-state index contributed by atoms with van der Waals surface area (Å²) in [5, 5.41) is 1.07. The van der Waals surface area contributed by atoms with E-state index in [0.717, 1.165) is 20.7 Å². The van der Waals surface area contributed by atoms with Gasteiger partial charge in [0.1, 0.15) is 4.83 Å². The monoisotopic (exact) mass is 262 g/mol. The minimum atomic E-state index is 0.0608. The molecule has 0 atom stereocenters. The molecule has 0 spiro atoms. The minimum absolute atomic E-state index is 0.0608. The van der Waals surface area contributed by atoms with E-state index in [-0.39, 0.29) is 11.9 Å². The molecule has 1 amide bonds. The molecule has 1 fully saturated rings. The van der Waals surface area contributed by atoms with Crippen LogP contribution in [0.2, 0.25) is 0 Å². The van der Waals surface area contributed by atoms with Crippen LogP contribution < -0.4 is 0 Å². The summed E-state index contributed by atoms with van der Waals surface area (Å²) in [6, 6.07) is 4.13. The number of nitrogens with zero attached hydrogens (tertiary/aromatic N) is 2. The Morgan fingerprint density at radius 1 is 1.56 bits per heavy atom. The van der Waals surface area contributed by atoms with E-state index in [9.17, 15) is 4.79 Å². The molecule has 1 aliphatic heterocycles. The van der Waals surface area contributed by atoms with Crippen LogP contribution in [0.25, 0.3) is 10.2 Å². The zero-order chi connectivity index (χ0) is 12.7. The van der Waals surface area contributed by atoms with Gasteiger partial charge in [-0.05, 0) is 24.6 Å². The Hall–Kier alpha value is -1.46. The summed E-state index contributed by atoms with van der Waals surface area (Å²) in [4.78, 5) is 20.1. The Kier molecular flexibility index (Phi) is 2.80. The highest BCUT2D eigenvalue weighted by atomic mass is 32.1. The predicted octanol–water partition coefficient (Wildman–Crippen LogP) is 2.08. The fourth-order valence-corrected chi connectivity index (χ4v) is 3.02. The molecule has 0 N–H and O–H groups in total. The number of hydrogen-bond donors (Lipinski definition) is 0. The average Bonchev–Trinajstić information content (AvgIpc) is 2.71. The van der Waals surface area contributed by atoms with Crippen molar-refractivity contribution in [3.63, 3.8) is 0 Å². The second-order valence-corrected chi connectivity index (χ2v) is 5.60. The third-order valence-electron chi connectivity index (χ3n) is 3.35. The van der Waals surface area contributed by atoms with E-state index in [4.69, 9.17) is 4.74 Å². The quantitative estimate of drug-likeness (QED) is 0.832. The summed E-state index contributed by atoms with van der Waals surface area (Å²) < 4.78 is 5.12. The average molecular weight is 262 g/mol. The van der Waals surface area contributed by atoms with Gasteiger partial charge in [0.15, 0.2) is 0 Å². The largest absolute Gasteiger partial charge is 0.377 e. The molecular formula is C13H14N2O2S. The van der Waals surface area contributed by atoms with Gasteiger partial charge in [-0.1, -0.05) is 0 Å². The first kappa shape index (κ1) is 11.6. The zero-order valence-corrected chi connectivity index (χ0v) is 11.2. The van der Waals surface area contributed by atoms with Crippen LogP contribution in [0.5, 0.6) is 0 Å². The smallest absolute Gasteiger partial charge is 0.264 e. The normalized spacial score (nSPS) is 15.7. The summed E-state index contributed by atoms with van der Waals surface area (Å²) in [7, 11) is 1.83. The van der Waals surface area contributed by atoms with Gasteiger partial charge in [0, 0.05) is 18.6 Å². The highest BCUT2D eigenvalue weighted by Crippen LogP contribution is 2.27. The molecule has 18 heavy (non-hydrogen) atoms. The van der Waals surface area contributed by atoms with E-state index in [1.165, 1.54) is 11.3 Å². The van der Waals surface area contributed by atoms with Crippen LogP contribution in [0, 0.1) is 6.92 Å². The molecule has 1 aliphatic rings. The number of fused-ring (bicyclic) bond motifs is 1. The molecule has 94 valence electrons. The molecule has 4 nitrogen and oxygen atoms in total. The van der Waals surface area contributed by atoms with E-state index < -0.39 is 0 Å². The Morgan fingerprint density at radius 3 is 2.94 bits per heavy atom. The number of aryl methyl sites for hydroxylation is 1. The van der Waals surface area contributed by atoms with Crippen LogP contribution in [0.4, 0.5) is 0 Å². The summed E-state index contributed by atoms with van der Waals surface area (Å²) in [6.07, 6.45) is 1.78. The van der Waals surface area contributed by atoms with Crippen molar-refractivity contribution in [2.45, 2.75) is 13.0 Å². The van der Waals surface area contributed by atoms with Gasteiger partial charge in [-0.2, -0.15) is 0 Å². The van der Waals surface area contributed by atoms with Gasteiger partial charge >= 0.3 is 0 Å². The van der Waals surface area contributed by atoms with Gasteiger partial charge in [0.25, 0.3) is 5.91 Å². The molecule has 0 saturated carbocycles. The SMILES string of the molecule is Cc1ccnc2sc(C(=O)N(C)C3COC3)cc12. The molecule has 2 aromatic heterocycles. The van der Waals surface area contributed by atoms with Gasteiger partial charge < -0.3 is 9.64 Å². The van der Waals surface area contributed by atoms with Crippen molar-refractivity contribution >= 4 is 27.5 Å². The lowest BCUT2D eigenvalue weighted by molar-refractivity contribution is -0.0466. The van der Waals surface area contributed by atoms with Crippen molar-refractivity contribution < 1.29 is 9.53 Å². The summed E-state index contributed by atoms with van der Waals surface area (Å²) in [5.74, 6) is 0.0608. The van der Waals surface area contributed by atoms with E-state index in [2.05, 4.69) is 4.98 Å². The van der Waals surface area contributed by atoms with Gasteiger partial charge in [-0.15, -0.1) is 11.3 Å². The number of ether oxygens (including phenoxy) is 1. The van der Waals surface area contributed by atoms with E-state index >= 15 is 0 Å². The number of carbonyl (C=O) groups is 1. The fourth-order valence-electron chi connectivity index (χ4n) is 1.96. The lowest BCUT2D eigenvalue weighted by Gasteiger charge is -2.34. The number of carbonyl (C=O) groups excluding carboxylic acids is 1. The van der Waals surface area contributed by atoms with Gasteiger partial charge in [0.05, 0.1) is 24.1 Å². The van der Waals surface area contributed by atoms with Crippen LogP contribution >= 0.6 is 11.3 Å². The molecule has 3 heterocycles. The number of rotatable bonds is 2. The molecule has 5 heteroatoms. The van der Waals surface area contributed by atoms with Crippen molar-refractivity contribution in [3.05, 3.63) is 28.8 Å². The minimum Gasteiger partial charge on any atom is -0.377 e. The number of pyridine rings is 1. The molecule has 0 radical (unpaired) electrons. The zero-order valence-electron chi connectivity index (χ0n) is 10.3. The molecule has 0 aliphatic carbocycles. The Morgan fingerprint density at radius 2 is 2.33 bits per heavy atom. The number of hydrogen-bond acceptors (Lipinski definition) is 4. The molecule has 1 saturated heterocycles. The molecule has 0 unspecified atom stereocenters. The summed E-state index contributed by atoms with van der Waals surface area (Å²) in [6.45, 7) is 3.32. The lowest BCUT2D eigenvalue weighted by Crippen LogP contribution is -2.49. The third-order valence-corrected chi connectivity index (χ3v) is 4.38. The summed E-state index contributed by atoms with van der Waals surface area (Å²) >= 11 is 1.46. The number of aromatic nitrogens is 1. The Balaban J connectivity index is 1.94. The second kappa shape index (κ2) is 4.33. The van der Waals surface area contributed by atoms with E-state index in [1.807, 2.05) is 26.1 Å². The van der Waals surface area contributed by atoms with Crippen LogP contribution in [0.15, 0.2) is 18.3 Å². The van der Waals surface area contributed by atoms with Crippen LogP contribution in [0.1, 0.15) is 15.2 Å². The van der Waals surface area contributed by atoms with E-state index in [0.29, 0.717) is 13.2 Å². The first-order valence-corrected chi connectivity index (χ1v) is 6.68. The maximum atomic E-state index is 12.3. The first-order valence-electron chi connectivity index (χ1n) is 5.87. The maximum Gasteiger partial charge on any atom is 0.264 e. The highest BCUT2D eigenvalue weighted by Gasteiger charge is 2.28. The predicted molar refractivity (Wildman–Crippen MR) is 71.1 cm³/mol. The van der Waals surface area contributed by atoms with Crippen LogP contribution in [-0.2, 0) is 4.74 Å². The van der Waals surface area contributed by atoms with Gasteiger partial charge in [0.2, 0.25) is 0 Å². The number of thiophene rings is 1. The lowest BCUT2D eigenvalue weighted by atomic mass is 10.2. The third kappa shape index (κ3) is 1.79. The van der Waals surface area contributed by atoms with Crippen LogP contribution in [0.3, 0.4) is 0 Å². The van der Waals surface area contributed by atoms with Crippen LogP contribution in [-0.4, -0.2) is 42.1 Å². The molecular weight excluding hydrogens is 248 g/mol. The molecule has 0 bridgehead atoms. The number of likely N-dealkylation sites (N-methyl/N-ethyl adjacent to an activating group) is 1. The summed E-state index contributed by atoms with van der Waals surface area (Å²) in [5.41, 5.74) is 1.16. The maximum absolute atomic E-state index is 12.3. The second-order valence-electron chi connectivity index (χ2n) is 4.56. The number of amides is 1. The first-order chi connectivity index (χ1) is 8.66. The molecule has 2 aromatic rings. The van der Waals surface area contributed by atoms with Crippen molar-refractivity contribution in [2.24, 2.45) is 0 Å². The van der Waals surface area contributed by atoms with Crippen molar-refractivity contribution in [1.82, 2.24) is 9.88 Å². The van der Waals surface area contributed by atoms with Gasteiger partial charge in [-0.25, -0.2) is 4.98 Å². The van der Waals surface area contributed by atoms with Crippen molar-refractivity contribution in [3.8, 4) is 0 Å². The Bertz CT molecular complexity index is 604. The van der Waals surface area contributed by atoms with Crippen molar-refractivity contribution in [1.29, 1.82) is 0 Å². The van der Waals surface area contributed by atoms with Crippen molar-refractivity contribution in [2.75, 3.05) is 20.3 Å². The molecule has 3 rings (SSSR count).